The number of ether oxygens (including phenoxy) is 2. The van der Waals surface area contributed by atoms with Gasteiger partial charge in [-0.2, -0.15) is 4.31 Å². The molecule has 1 aliphatic rings. The molecule has 0 radical (unpaired) electrons. The van der Waals surface area contributed by atoms with Gasteiger partial charge in [0.2, 0.25) is 10.0 Å². The summed E-state index contributed by atoms with van der Waals surface area (Å²) in [4.78, 5) is 0. The molecule has 0 amide bonds. The van der Waals surface area contributed by atoms with Gasteiger partial charge in [0.25, 0.3) is 0 Å². The van der Waals surface area contributed by atoms with Gasteiger partial charge in [0.15, 0.2) is 11.5 Å². The van der Waals surface area contributed by atoms with E-state index in [0.717, 1.165) is 22.3 Å². The lowest BCUT2D eigenvalue weighted by Crippen LogP contribution is -2.41. The Labute approximate surface area is 177 Å². The minimum absolute atomic E-state index is 0.0280. The molecule has 1 atom stereocenters. The van der Waals surface area contributed by atoms with Gasteiger partial charge in [0, 0.05) is 6.54 Å². The van der Waals surface area contributed by atoms with Gasteiger partial charge >= 0.3 is 0 Å². The number of hydrogen-bond donors (Lipinski definition) is 0. The first-order chi connectivity index (χ1) is 14.5. The molecule has 0 N–H and O–H groups in total. The highest BCUT2D eigenvalue weighted by molar-refractivity contribution is 7.88. The van der Waals surface area contributed by atoms with Crippen LogP contribution in [0, 0.1) is 0 Å². The second kappa shape index (κ2) is 8.50. The van der Waals surface area contributed by atoms with E-state index in [-0.39, 0.29) is 5.75 Å². The Bertz CT molecular complexity index is 1110. The summed E-state index contributed by atoms with van der Waals surface area (Å²) < 4.78 is 39.6. The molecule has 1 aliphatic heterocycles. The fraction of sp³-hybridized carbons (Fsp3) is 0.250. The second-order valence-corrected chi connectivity index (χ2v) is 9.24. The first-order valence-corrected chi connectivity index (χ1v) is 11.5. The second-order valence-electron chi connectivity index (χ2n) is 7.32. The molecule has 0 bridgehead atoms. The number of fused-ring (bicyclic) bond motifs is 1. The van der Waals surface area contributed by atoms with Crippen molar-refractivity contribution in [2.75, 3.05) is 20.8 Å². The Balaban J connectivity index is 1.82. The van der Waals surface area contributed by atoms with Crippen LogP contribution in [0.15, 0.2) is 72.8 Å². The smallest absolute Gasteiger partial charge is 0.219 e. The van der Waals surface area contributed by atoms with E-state index in [4.69, 9.17) is 9.47 Å². The van der Waals surface area contributed by atoms with Gasteiger partial charge in [-0.15, -0.1) is 0 Å². The lowest BCUT2D eigenvalue weighted by Gasteiger charge is -2.37. The summed E-state index contributed by atoms with van der Waals surface area (Å²) in [6.07, 6.45) is 0.618. The van der Waals surface area contributed by atoms with E-state index >= 15 is 0 Å². The SMILES string of the molecule is COc1cc2c(cc1OC)C(c1ccccc1)N(S(=O)(=O)Cc1ccccc1)CC2. The fourth-order valence-electron chi connectivity index (χ4n) is 4.07. The van der Waals surface area contributed by atoms with Crippen LogP contribution in [-0.4, -0.2) is 33.5 Å². The van der Waals surface area contributed by atoms with Crippen LogP contribution >= 0.6 is 0 Å². The van der Waals surface area contributed by atoms with Crippen LogP contribution in [0.1, 0.15) is 28.3 Å². The van der Waals surface area contributed by atoms with E-state index in [9.17, 15) is 8.42 Å². The van der Waals surface area contributed by atoms with E-state index in [1.165, 1.54) is 0 Å². The van der Waals surface area contributed by atoms with Crippen LogP contribution in [0.2, 0.25) is 0 Å². The normalized spacial score (nSPS) is 16.7. The van der Waals surface area contributed by atoms with Crippen LogP contribution in [0.4, 0.5) is 0 Å². The average Bonchev–Trinajstić information content (AvgIpc) is 2.78. The monoisotopic (exact) mass is 423 g/mol. The summed E-state index contributed by atoms with van der Waals surface area (Å²) >= 11 is 0. The van der Waals surface area contributed by atoms with Crippen molar-refractivity contribution in [1.29, 1.82) is 0 Å². The van der Waals surface area contributed by atoms with Gasteiger partial charge in [-0.1, -0.05) is 60.7 Å². The minimum atomic E-state index is -3.55. The maximum Gasteiger partial charge on any atom is 0.219 e. The molecule has 0 saturated carbocycles. The Morgan fingerprint density at radius 1 is 0.900 bits per heavy atom. The fourth-order valence-corrected chi connectivity index (χ4v) is 5.78. The summed E-state index contributed by atoms with van der Waals surface area (Å²) in [5, 5.41) is 0. The van der Waals surface area contributed by atoms with E-state index in [2.05, 4.69) is 0 Å². The van der Waals surface area contributed by atoms with Crippen molar-refractivity contribution in [1.82, 2.24) is 4.31 Å². The lowest BCUT2D eigenvalue weighted by atomic mass is 9.89. The van der Waals surface area contributed by atoms with Gasteiger partial charge in [0.1, 0.15) is 0 Å². The zero-order valence-electron chi connectivity index (χ0n) is 17.1. The molecule has 3 aromatic carbocycles. The summed E-state index contributed by atoms with van der Waals surface area (Å²) in [7, 11) is -0.349. The van der Waals surface area contributed by atoms with Crippen LogP contribution in [0.5, 0.6) is 11.5 Å². The van der Waals surface area contributed by atoms with Crippen LogP contribution in [0.25, 0.3) is 0 Å². The zero-order chi connectivity index (χ0) is 21.1. The average molecular weight is 424 g/mol. The highest BCUT2D eigenvalue weighted by atomic mass is 32.2. The highest BCUT2D eigenvalue weighted by Gasteiger charge is 2.37. The highest BCUT2D eigenvalue weighted by Crippen LogP contribution is 2.42. The molecule has 1 heterocycles. The molecule has 156 valence electrons. The molecule has 0 aromatic heterocycles. The molecule has 4 rings (SSSR count). The number of hydrogen-bond acceptors (Lipinski definition) is 4. The number of nitrogens with zero attached hydrogens (tertiary/aromatic N) is 1. The molecular weight excluding hydrogens is 398 g/mol. The molecule has 0 saturated heterocycles. The number of sulfonamides is 1. The van der Waals surface area contributed by atoms with Crippen molar-refractivity contribution in [3.8, 4) is 11.5 Å². The molecule has 1 unspecified atom stereocenters. The number of benzene rings is 3. The van der Waals surface area contributed by atoms with Gasteiger partial charge in [-0.3, -0.25) is 0 Å². The van der Waals surface area contributed by atoms with Gasteiger partial charge < -0.3 is 9.47 Å². The first-order valence-electron chi connectivity index (χ1n) is 9.86. The minimum Gasteiger partial charge on any atom is -0.493 e. The summed E-state index contributed by atoms with van der Waals surface area (Å²) in [6.45, 7) is 0.414. The van der Waals surface area contributed by atoms with Gasteiger partial charge in [-0.25, -0.2) is 8.42 Å². The third-order valence-electron chi connectivity index (χ3n) is 5.49. The summed E-state index contributed by atoms with van der Waals surface area (Å²) in [5.74, 6) is 1.22. The van der Waals surface area contributed by atoms with E-state index < -0.39 is 16.1 Å². The molecular formula is C24H25NO4S. The molecule has 3 aromatic rings. The predicted molar refractivity (Wildman–Crippen MR) is 117 cm³/mol. The van der Waals surface area contributed by atoms with Crippen molar-refractivity contribution in [3.05, 3.63) is 95.1 Å². The van der Waals surface area contributed by atoms with Crippen LogP contribution in [0.3, 0.4) is 0 Å². The van der Waals surface area contributed by atoms with E-state index in [0.29, 0.717) is 24.5 Å². The maximum atomic E-state index is 13.5. The largest absolute Gasteiger partial charge is 0.493 e. The topological polar surface area (TPSA) is 55.8 Å². The van der Waals surface area contributed by atoms with Crippen LogP contribution < -0.4 is 9.47 Å². The van der Waals surface area contributed by atoms with Crippen LogP contribution in [-0.2, 0) is 22.2 Å². The molecule has 0 aliphatic carbocycles. The molecule has 0 fully saturated rings. The quantitative estimate of drug-likeness (QED) is 0.597. The predicted octanol–water partition coefficient (Wildman–Crippen LogP) is 4.18. The van der Waals surface area contributed by atoms with Crippen molar-refractivity contribution < 1.29 is 17.9 Å². The summed E-state index contributed by atoms with van der Waals surface area (Å²) in [6, 6.07) is 22.5. The van der Waals surface area contributed by atoms with Gasteiger partial charge in [-0.05, 0) is 40.8 Å². The molecule has 5 nitrogen and oxygen atoms in total. The van der Waals surface area contributed by atoms with E-state index in [1.54, 1.807) is 18.5 Å². The zero-order valence-corrected chi connectivity index (χ0v) is 17.9. The summed E-state index contributed by atoms with van der Waals surface area (Å²) in [5.41, 5.74) is 3.72. The van der Waals surface area contributed by atoms with E-state index in [1.807, 2.05) is 72.8 Å². The molecule has 30 heavy (non-hydrogen) atoms. The third kappa shape index (κ3) is 3.93. The molecule has 6 heteroatoms. The van der Waals surface area contributed by atoms with Crippen molar-refractivity contribution in [2.45, 2.75) is 18.2 Å². The lowest BCUT2D eigenvalue weighted by molar-refractivity contribution is 0.331. The Kier molecular flexibility index (Phi) is 5.79. The Hall–Kier alpha value is -2.83. The Morgan fingerprint density at radius 3 is 2.13 bits per heavy atom. The molecule has 0 spiro atoms. The number of rotatable bonds is 6. The third-order valence-corrected chi connectivity index (χ3v) is 7.30. The number of methoxy groups -OCH3 is 2. The standard InChI is InChI=1S/C24H25NO4S/c1-28-22-15-20-13-14-25(30(26,27)17-18-9-5-3-6-10-18)24(19-11-7-4-8-12-19)21(20)16-23(22)29-2/h3-12,15-16,24H,13-14,17H2,1-2H3. The van der Waals surface area contributed by atoms with Crippen molar-refractivity contribution >= 4 is 10.0 Å². The Morgan fingerprint density at radius 2 is 1.50 bits per heavy atom. The van der Waals surface area contributed by atoms with Crippen molar-refractivity contribution in [2.24, 2.45) is 0 Å². The van der Waals surface area contributed by atoms with Gasteiger partial charge in [0.05, 0.1) is 26.0 Å². The first kappa shape index (κ1) is 20.4. The maximum absolute atomic E-state index is 13.5. The van der Waals surface area contributed by atoms with Crippen molar-refractivity contribution in [3.63, 3.8) is 0 Å².